The van der Waals surface area contributed by atoms with Crippen molar-refractivity contribution in [3.05, 3.63) is 58.2 Å². The maximum Gasteiger partial charge on any atom is 0.127 e. The number of benzene rings is 1. The molecule has 0 amide bonds. The highest BCUT2D eigenvalue weighted by atomic mass is 79.9. The van der Waals surface area contributed by atoms with E-state index in [1.165, 1.54) is 0 Å². The van der Waals surface area contributed by atoms with Crippen molar-refractivity contribution in [1.29, 1.82) is 0 Å². The fourth-order valence-corrected chi connectivity index (χ4v) is 2.13. The number of pyridine rings is 1. The molecule has 1 aromatic heterocycles. The minimum atomic E-state index is -0.547. The van der Waals surface area contributed by atoms with E-state index < -0.39 is 5.54 Å². The molecular weight excluding hydrogens is 304 g/mol. The van der Waals surface area contributed by atoms with E-state index in [0.717, 1.165) is 21.5 Å². The zero-order chi connectivity index (χ0) is 13.9. The van der Waals surface area contributed by atoms with Gasteiger partial charge in [0.2, 0.25) is 0 Å². The number of nitrogens with zero attached hydrogens (tertiary/aromatic N) is 1. The van der Waals surface area contributed by atoms with Gasteiger partial charge in [-0.25, -0.2) is 4.98 Å². The molecule has 4 heteroatoms. The minimum Gasteiger partial charge on any atom is -0.394 e. The SMILES string of the molecule is Cc1nc(NC(C)(CO)c2ccccc2)ccc1Br. The summed E-state index contributed by atoms with van der Waals surface area (Å²) >= 11 is 3.43. The number of halogens is 1. The van der Waals surface area contributed by atoms with Gasteiger partial charge in [0.05, 0.1) is 17.8 Å². The molecule has 0 bridgehead atoms. The van der Waals surface area contributed by atoms with Crippen molar-refractivity contribution in [2.75, 3.05) is 11.9 Å². The van der Waals surface area contributed by atoms with Gasteiger partial charge in [-0.15, -0.1) is 0 Å². The van der Waals surface area contributed by atoms with Crippen LogP contribution in [0, 0.1) is 6.92 Å². The Morgan fingerprint density at radius 3 is 2.47 bits per heavy atom. The van der Waals surface area contributed by atoms with E-state index in [2.05, 4.69) is 26.2 Å². The second-order valence-electron chi connectivity index (χ2n) is 4.74. The van der Waals surface area contributed by atoms with Gasteiger partial charge in [0.25, 0.3) is 0 Å². The van der Waals surface area contributed by atoms with Crippen LogP contribution in [0.15, 0.2) is 46.9 Å². The maximum absolute atomic E-state index is 9.72. The van der Waals surface area contributed by atoms with Crippen molar-refractivity contribution in [1.82, 2.24) is 4.98 Å². The van der Waals surface area contributed by atoms with E-state index in [4.69, 9.17) is 0 Å². The summed E-state index contributed by atoms with van der Waals surface area (Å²) in [5, 5.41) is 13.0. The second-order valence-corrected chi connectivity index (χ2v) is 5.60. The Balaban J connectivity index is 2.30. The minimum absolute atomic E-state index is 0.00615. The number of anilines is 1. The molecule has 2 rings (SSSR count). The first-order valence-corrected chi connectivity index (χ1v) is 6.92. The number of aliphatic hydroxyl groups excluding tert-OH is 1. The number of aryl methyl sites for hydroxylation is 1. The largest absolute Gasteiger partial charge is 0.394 e. The van der Waals surface area contributed by atoms with Gasteiger partial charge in [0, 0.05) is 4.47 Å². The van der Waals surface area contributed by atoms with Gasteiger partial charge in [0.15, 0.2) is 0 Å². The van der Waals surface area contributed by atoms with Crippen LogP contribution in [0.3, 0.4) is 0 Å². The normalized spacial score (nSPS) is 13.9. The van der Waals surface area contributed by atoms with Crippen molar-refractivity contribution in [3.8, 4) is 0 Å². The summed E-state index contributed by atoms with van der Waals surface area (Å²) in [5.74, 6) is 0.751. The Hall–Kier alpha value is -1.39. The quantitative estimate of drug-likeness (QED) is 0.906. The Bertz CT molecular complexity index is 559. The fraction of sp³-hybridized carbons (Fsp3) is 0.267. The molecule has 3 nitrogen and oxygen atoms in total. The molecule has 2 aromatic rings. The molecule has 1 unspecified atom stereocenters. The molecule has 1 aromatic carbocycles. The highest BCUT2D eigenvalue weighted by Crippen LogP contribution is 2.26. The molecule has 0 radical (unpaired) electrons. The standard InChI is InChI=1S/C15H17BrN2O/c1-11-13(16)8-9-14(17-11)18-15(2,10-19)12-6-4-3-5-7-12/h3-9,19H,10H2,1-2H3,(H,17,18). The van der Waals surface area contributed by atoms with Crippen molar-refractivity contribution in [3.63, 3.8) is 0 Å². The zero-order valence-electron chi connectivity index (χ0n) is 11.0. The van der Waals surface area contributed by atoms with E-state index in [1.54, 1.807) is 0 Å². The lowest BCUT2D eigenvalue weighted by molar-refractivity contribution is 0.223. The topological polar surface area (TPSA) is 45.2 Å². The van der Waals surface area contributed by atoms with Gasteiger partial charge < -0.3 is 10.4 Å². The van der Waals surface area contributed by atoms with Crippen LogP contribution < -0.4 is 5.32 Å². The van der Waals surface area contributed by atoms with Crippen LogP contribution >= 0.6 is 15.9 Å². The Kier molecular flexibility index (Phi) is 4.22. The monoisotopic (exact) mass is 320 g/mol. The van der Waals surface area contributed by atoms with Crippen LogP contribution in [0.25, 0.3) is 0 Å². The number of nitrogens with one attached hydrogen (secondary N) is 1. The lowest BCUT2D eigenvalue weighted by atomic mass is 9.93. The highest BCUT2D eigenvalue weighted by Gasteiger charge is 2.25. The van der Waals surface area contributed by atoms with Crippen LogP contribution in [0.2, 0.25) is 0 Å². The van der Waals surface area contributed by atoms with Crippen LogP contribution in [-0.4, -0.2) is 16.7 Å². The van der Waals surface area contributed by atoms with Crippen molar-refractivity contribution < 1.29 is 5.11 Å². The third-order valence-electron chi connectivity index (χ3n) is 3.15. The molecule has 1 heterocycles. The van der Waals surface area contributed by atoms with E-state index in [0.29, 0.717) is 0 Å². The van der Waals surface area contributed by atoms with Gasteiger partial charge in [-0.2, -0.15) is 0 Å². The number of hydrogen-bond donors (Lipinski definition) is 2. The summed E-state index contributed by atoms with van der Waals surface area (Å²) in [4.78, 5) is 4.46. The molecule has 0 aliphatic carbocycles. The summed E-state index contributed by atoms with van der Waals surface area (Å²) in [7, 11) is 0. The molecule has 0 fully saturated rings. The van der Waals surface area contributed by atoms with Crippen LogP contribution in [0.1, 0.15) is 18.2 Å². The fourth-order valence-electron chi connectivity index (χ4n) is 1.91. The first-order chi connectivity index (χ1) is 9.05. The molecule has 2 N–H and O–H groups in total. The van der Waals surface area contributed by atoms with Gasteiger partial charge in [-0.05, 0) is 47.5 Å². The summed E-state index contributed by atoms with van der Waals surface area (Å²) in [5.41, 5.74) is 1.40. The van der Waals surface area contributed by atoms with Gasteiger partial charge >= 0.3 is 0 Å². The number of rotatable bonds is 4. The molecule has 0 aliphatic heterocycles. The van der Waals surface area contributed by atoms with Crippen molar-refractivity contribution >= 4 is 21.7 Å². The lowest BCUT2D eigenvalue weighted by Gasteiger charge is -2.30. The van der Waals surface area contributed by atoms with Crippen LogP contribution in [0.4, 0.5) is 5.82 Å². The molecule has 0 aliphatic rings. The van der Waals surface area contributed by atoms with Crippen molar-refractivity contribution in [2.24, 2.45) is 0 Å². The zero-order valence-corrected chi connectivity index (χ0v) is 12.6. The number of aliphatic hydroxyl groups is 1. The molecule has 1 atom stereocenters. The Morgan fingerprint density at radius 1 is 1.21 bits per heavy atom. The van der Waals surface area contributed by atoms with Crippen molar-refractivity contribution in [2.45, 2.75) is 19.4 Å². The predicted molar refractivity (Wildman–Crippen MR) is 81.2 cm³/mol. The smallest absolute Gasteiger partial charge is 0.127 e. The number of aromatic nitrogens is 1. The average molecular weight is 321 g/mol. The third kappa shape index (κ3) is 3.14. The van der Waals surface area contributed by atoms with Gasteiger partial charge in [-0.3, -0.25) is 0 Å². The maximum atomic E-state index is 9.72. The van der Waals surface area contributed by atoms with E-state index in [1.807, 2.05) is 56.3 Å². The second kappa shape index (κ2) is 5.72. The Morgan fingerprint density at radius 2 is 1.89 bits per heavy atom. The molecule has 0 spiro atoms. The summed E-state index contributed by atoms with van der Waals surface area (Å²) < 4.78 is 0.975. The van der Waals surface area contributed by atoms with E-state index in [-0.39, 0.29) is 6.61 Å². The van der Waals surface area contributed by atoms with Crippen LogP contribution in [0.5, 0.6) is 0 Å². The first kappa shape index (κ1) is 14.0. The van der Waals surface area contributed by atoms with Gasteiger partial charge in [-0.1, -0.05) is 30.3 Å². The third-order valence-corrected chi connectivity index (χ3v) is 3.99. The molecular formula is C15H17BrN2O. The predicted octanol–water partition coefficient (Wildman–Crippen LogP) is 3.47. The molecule has 19 heavy (non-hydrogen) atoms. The Labute approximate surface area is 121 Å². The summed E-state index contributed by atoms with van der Waals surface area (Å²) in [6, 6.07) is 13.7. The first-order valence-electron chi connectivity index (χ1n) is 6.13. The summed E-state index contributed by atoms with van der Waals surface area (Å²) in [6.45, 7) is 3.89. The van der Waals surface area contributed by atoms with Gasteiger partial charge in [0.1, 0.15) is 5.82 Å². The van der Waals surface area contributed by atoms with E-state index in [9.17, 15) is 5.11 Å². The van der Waals surface area contributed by atoms with E-state index >= 15 is 0 Å². The lowest BCUT2D eigenvalue weighted by Crippen LogP contribution is -2.36. The average Bonchev–Trinajstić information content (AvgIpc) is 2.44. The number of hydrogen-bond acceptors (Lipinski definition) is 3. The highest BCUT2D eigenvalue weighted by molar-refractivity contribution is 9.10. The van der Waals surface area contributed by atoms with Crippen LogP contribution in [-0.2, 0) is 5.54 Å². The summed E-state index contributed by atoms with van der Waals surface area (Å²) in [6.07, 6.45) is 0. The molecule has 0 saturated carbocycles. The molecule has 0 saturated heterocycles. The molecule has 100 valence electrons.